The van der Waals surface area contributed by atoms with Crippen LogP contribution < -0.4 is 9.47 Å². The number of hydrogen-bond donors (Lipinski definition) is 0. The summed E-state index contributed by atoms with van der Waals surface area (Å²) in [7, 11) is 0. The first kappa shape index (κ1) is 17.2. The molecule has 7 nitrogen and oxygen atoms in total. The molecule has 0 aliphatic carbocycles. The fourth-order valence-corrected chi connectivity index (χ4v) is 3.70. The van der Waals surface area contributed by atoms with Gasteiger partial charge < -0.3 is 18.8 Å². The summed E-state index contributed by atoms with van der Waals surface area (Å²) >= 11 is 1.27. The predicted octanol–water partition coefficient (Wildman–Crippen LogP) is 2.93. The molecule has 2 aliphatic heterocycles. The molecular weight excluding hydrogens is 354 g/mol. The van der Waals surface area contributed by atoms with Crippen LogP contribution in [0.2, 0.25) is 0 Å². The summed E-state index contributed by atoms with van der Waals surface area (Å²) in [5, 5.41) is 8.44. The summed E-state index contributed by atoms with van der Waals surface area (Å²) in [5.41, 5.74) is 0. The topological polar surface area (TPSA) is 77.7 Å². The van der Waals surface area contributed by atoms with E-state index in [-0.39, 0.29) is 5.91 Å². The molecular formula is C18H21N3O4S. The van der Waals surface area contributed by atoms with E-state index in [0.29, 0.717) is 40.9 Å². The molecule has 3 heterocycles. The molecule has 0 saturated carbocycles. The minimum atomic E-state index is -0.439. The van der Waals surface area contributed by atoms with Gasteiger partial charge in [-0.15, -0.1) is 10.2 Å². The van der Waals surface area contributed by atoms with Gasteiger partial charge in [-0.1, -0.05) is 30.8 Å². The van der Waals surface area contributed by atoms with Gasteiger partial charge in [-0.05, 0) is 30.9 Å². The average molecular weight is 375 g/mol. The van der Waals surface area contributed by atoms with Crippen molar-refractivity contribution in [3.63, 3.8) is 0 Å². The Balaban J connectivity index is 1.32. The predicted molar refractivity (Wildman–Crippen MR) is 95.3 cm³/mol. The molecule has 26 heavy (non-hydrogen) atoms. The van der Waals surface area contributed by atoms with Crippen molar-refractivity contribution in [3.8, 4) is 11.5 Å². The van der Waals surface area contributed by atoms with Gasteiger partial charge in [-0.25, -0.2) is 0 Å². The number of thioether (sulfide) groups is 1. The Morgan fingerprint density at radius 3 is 2.81 bits per heavy atom. The number of aromatic nitrogens is 2. The number of carbonyl (C=O) groups is 1. The smallest absolute Gasteiger partial charge is 0.277 e. The Kier molecular flexibility index (Phi) is 5.01. The van der Waals surface area contributed by atoms with Crippen molar-refractivity contribution >= 4 is 17.7 Å². The number of fused-ring (bicyclic) bond motifs is 1. The van der Waals surface area contributed by atoms with Gasteiger partial charge in [0.25, 0.3) is 11.1 Å². The lowest BCUT2D eigenvalue weighted by Gasteiger charge is -2.30. The SMILES string of the molecule is CC1CCN(C(=O)CSc2nnc(C3COc4ccccc4O3)o2)CC1. The number of para-hydroxylation sites is 2. The number of benzene rings is 1. The lowest BCUT2D eigenvalue weighted by Crippen LogP contribution is -2.38. The monoisotopic (exact) mass is 375 g/mol. The largest absolute Gasteiger partial charge is 0.485 e. The van der Waals surface area contributed by atoms with E-state index in [1.807, 2.05) is 29.2 Å². The van der Waals surface area contributed by atoms with Gasteiger partial charge in [0.05, 0.1) is 5.75 Å². The molecule has 1 amide bonds. The Bertz CT molecular complexity index is 773. The van der Waals surface area contributed by atoms with Crippen LogP contribution in [-0.2, 0) is 4.79 Å². The Hall–Kier alpha value is -2.22. The number of nitrogens with zero attached hydrogens (tertiary/aromatic N) is 3. The second kappa shape index (κ2) is 7.57. The number of likely N-dealkylation sites (tertiary alicyclic amines) is 1. The second-order valence-corrected chi connectivity index (χ2v) is 7.55. The van der Waals surface area contributed by atoms with Crippen LogP contribution >= 0.6 is 11.8 Å². The molecule has 1 aromatic heterocycles. The van der Waals surface area contributed by atoms with Crippen molar-refractivity contribution < 1.29 is 18.7 Å². The molecule has 8 heteroatoms. The lowest BCUT2D eigenvalue weighted by molar-refractivity contribution is -0.129. The first-order valence-electron chi connectivity index (χ1n) is 8.81. The van der Waals surface area contributed by atoms with Crippen LogP contribution in [0, 0.1) is 5.92 Å². The van der Waals surface area contributed by atoms with Crippen molar-refractivity contribution in [2.75, 3.05) is 25.4 Å². The molecule has 0 N–H and O–H groups in total. The highest BCUT2D eigenvalue weighted by molar-refractivity contribution is 7.99. The van der Waals surface area contributed by atoms with Gasteiger partial charge in [0.1, 0.15) is 6.61 Å². The zero-order valence-electron chi connectivity index (χ0n) is 14.6. The summed E-state index contributed by atoms with van der Waals surface area (Å²) in [6.07, 6.45) is 1.70. The Morgan fingerprint density at radius 1 is 1.23 bits per heavy atom. The van der Waals surface area contributed by atoms with Crippen molar-refractivity contribution in [2.24, 2.45) is 5.92 Å². The molecule has 1 fully saturated rings. The van der Waals surface area contributed by atoms with E-state index in [0.717, 1.165) is 25.9 Å². The van der Waals surface area contributed by atoms with Crippen LogP contribution in [-0.4, -0.2) is 46.5 Å². The normalized spacial score (nSPS) is 20.2. The van der Waals surface area contributed by atoms with E-state index < -0.39 is 6.10 Å². The number of carbonyl (C=O) groups excluding carboxylic acids is 1. The summed E-state index contributed by atoms with van der Waals surface area (Å²) in [6, 6.07) is 7.47. The highest BCUT2D eigenvalue weighted by Crippen LogP contribution is 2.36. The number of amides is 1. The number of hydrogen-bond acceptors (Lipinski definition) is 7. The molecule has 1 aromatic carbocycles. The van der Waals surface area contributed by atoms with Gasteiger partial charge in [-0.2, -0.15) is 0 Å². The third-order valence-corrected chi connectivity index (χ3v) is 5.46. The summed E-state index contributed by atoms with van der Waals surface area (Å²) in [4.78, 5) is 14.2. The minimum Gasteiger partial charge on any atom is -0.485 e. The molecule has 0 radical (unpaired) electrons. The van der Waals surface area contributed by atoms with E-state index in [9.17, 15) is 4.79 Å². The van der Waals surface area contributed by atoms with E-state index in [2.05, 4.69) is 17.1 Å². The fraction of sp³-hybridized carbons (Fsp3) is 0.500. The first-order chi connectivity index (χ1) is 12.7. The number of piperidine rings is 1. The molecule has 1 atom stereocenters. The molecule has 0 bridgehead atoms. The highest BCUT2D eigenvalue weighted by atomic mass is 32.2. The van der Waals surface area contributed by atoms with E-state index in [1.54, 1.807) is 0 Å². The molecule has 138 valence electrons. The second-order valence-electron chi connectivity index (χ2n) is 6.62. The molecule has 4 rings (SSSR count). The fourth-order valence-electron chi connectivity index (χ4n) is 3.02. The number of rotatable bonds is 4. The van der Waals surface area contributed by atoms with Gasteiger partial charge in [0.2, 0.25) is 12.0 Å². The van der Waals surface area contributed by atoms with Crippen molar-refractivity contribution in [1.82, 2.24) is 15.1 Å². The van der Waals surface area contributed by atoms with Crippen LogP contribution in [0.5, 0.6) is 11.5 Å². The zero-order chi connectivity index (χ0) is 17.9. The van der Waals surface area contributed by atoms with Crippen molar-refractivity contribution in [1.29, 1.82) is 0 Å². The molecule has 1 saturated heterocycles. The third-order valence-electron chi connectivity index (χ3n) is 4.66. The quantitative estimate of drug-likeness (QED) is 0.760. The maximum atomic E-state index is 12.3. The maximum absolute atomic E-state index is 12.3. The van der Waals surface area contributed by atoms with E-state index >= 15 is 0 Å². The number of ether oxygens (including phenoxy) is 2. The Labute approximate surface area is 156 Å². The van der Waals surface area contributed by atoms with E-state index in [4.69, 9.17) is 13.9 Å². The maximum Gasteiger partial charge on any atom is 0.277 e. The average Bonchev–Trinajstić information content (AvgIpc) is 3.15. The molecule has 2 aromatic rings. The van der Waals surface area contributed by atoms with E-state index in [1.165, 1.54) is 11.8 Å². The first-order valence-corrected chi connectivity index (χ1v) is 9.80. The lowest BCUT2D eigenvalue weighted by atomic mass is 9.99. The standard InChI is InChI=1S/C18H21N3O4S/c1-12-6-8-21(9-7-12)16(22)11-26-18-20-19-17(25-18)15-10-23-13-4-2-3-5-14(13)24-15/h2-5,12,15H,6-11H2,1H3. The zero-order valence-corrected chi connectivity index (χ0v) is 15.4. The summed E-state index contributed by atoms with van der Waals surface area (Å²) < 4.78 is 17.2. The van der Waals surface area contributed by atoms with Crippen LogP contribution in [0.15, 0.2) is 33.9 Å². The molecule has 0 spiro atoms. The van der Waals surface area contributed by atoms with Gasteiger partial charge >= 0.3 is 0 Å². The Morgan fingerprint density at radius 2 is 2.00 bits per heavy atom. The molecule has 1 unspecified atom stereocenters. The van der Waals surface area contributed by atoms with Crippen LogP contribution in [0.25, 0.3) is 0 Å². The van der Waals surface area contributed by atoms with Crippen LogP contribution in [0.3, 0.4) is 0 Å². The molecule has 2 aliphatic rings. The van der Waals surface area contributed by atoms with Crippen LogP contribution in [0.1, 0.15) is 31.8 Å². The van der Waals surface area contributed by atoms with Gasteiger partial charge in [0.15, 0.2) is 11.5 Å². The van der Waals surface area contributed by atoms with Crippen molar-refractivity contribution in [3.05, 3.63) is 30.2 Å². The van der Waals surface area contributed by atoms with Gasteiger partial charge in [0, 0.05) is 13.1 Å². The third kappa shape index (κ3) is 3.80. The van der Waals surface area contributed by atoms with Gasteiger partial charge in [-0.3, -0.25) is 4.79 Å². The highest BCUT2D eigenvalue weighted by Gasteiger charge is 2.28. The summed E-state index contributed by atoms with van der Waals surface area (Å²) in [5.74, 6) is 2.85. The minimum absolute atomic E-state index is 0.118. The van der Waals surface area contributed by atoms with Crippen LogP contribution in [0.4, 0.5) is 0 Å². The van der Waals surface area contributed by atoms with Crippen molar-refractivity contribution in [2.45, 2.75) is 31.1 Å². The summed E-state index contributed by atoms with van der Waals surface area (Å²) in [6.45, 7) is 4.21.